The molecule has 19 heavy (non-hydrogen) atoms. The fraction of sp³-hybridized carbons (Fsp3) is 1.00. The first-order chi connectivity index (χ1) is 9.19. The minimum atomic E-state index is 0.721. The summed E-state index contributed by atoms with van der Waals surface area (Å²) in [6.07, 6.45) is 4.27. The van der Waals surface area contributed by atoms with Crippen LogP contribution in [0.3, 0.4) is 0 Å². The highest BCUT2D eigenvalue weighted by Crippen LogP contribution is 2.19. The molecule has 3 nitrogen and oxygen atoms in total. The normalized spacial score (nSPS) is 28.7. The summed E-state index contributed by atoms with van der Waals surface area (Å²) in [5.41, 5.74) is 0. The number of hydrogen-bond acceptors (Lipinski definition) is 3. The second-order valence-electron chi connectivity index (χ2n) is 6.66. The van der Waals surface area contributed by atoms with Crippen LogP contribution in [0.15, 0.2) is 0 Å². The van der Waals surface area contributed by atoms with Crippen molar-refractivity contribution in [2.45, 2.75) is 46.1 Å². The number of hydrogen-bond donors (Lipinski definition) is 0. The largest absolute Gasteiger partial charge is 0.304 e. The lowest BCUT2D eigenvalue weighted by molar-refractivity contribution is 0.0945. The lowest BCUT2D eigenvalue weighted by Crippen LogP contribution is -2.49. The van der Waals surface area contributed by atoms with Crippen LogP contribution in [-0.2, 0) is 0 Å². The van der Waals surface area contributed by atoms with Crippen LogP contribution in [0.2, 0.25) is 0 Å². The zero-order valence-electron chi connectivity index (χ0n) is 13.3. The van der Waals surface area contributed by atoms with Gasteiger partial charge in [0.15, 0.2) is 0 Å². The molecule has 112 valence electrons. The van der Waals surface area contributed by atoms with Gasteiger partial charge in [0.2, 0.25) is 0 Å². The molecule has 1 unspecified atom stereocenters. The Kier molecular flexibility index (Phi) is 6.11. The average Bonchev–Trinajstić information content (AvgIpc) is 2.64. The first-order valence-electron chi connectivity index (χ1n) is 8.37. The lowest BCUT2D eigenvalue weighted by Gasteiger charge is -2.38. The van der Waals surface area contributed by atoms with Crippen molar-refractivity contribution >= 4 is 0 Å². The minimum absolute atomic E-state index is 0.721. The molecule has 0 bridgehead atoms. The van der Waals surface area contributed by atoms with Gasteiger partial charge in [0, 0.05) is 38.8 Å². The molecule has 2 rings (SSSR count). The molecule has 2 heterocycles. The molecule has 1 atom stereocenters. The molecule has 2 aliphatic heterocycles. The summed E-state index contributed by atoms with van der Waals surface area (Å²) in [6, 6.07) is 0.721. The third-order valence-corrected chi connectivity index (χ3v) is 5.04. The van der Waals surface area contributed by atoms with Gasteiger partial charge in [-0.3, -0.25) is 4.90 Å². The number of rotatable bonds is 4. The molecule has 3 heteroatoms. The summed E-state index contributed by atoms with van der Waals surface area (Å²) in [5.74, 6) is 0.946. The van der Waals surface area contributed by atoms with E-state index in [1.165, 1.54) is 71.6 Å². The van der Waals surface area contributed by atoms with Gasteiger partial charge in [0.25, 0.3) is 0 Å². The quantitative estimate of drug-likeness (QED) is 0.773. The second-order valence-corrected chi connectivity index (χ2v) is 6.66. The van der Waals surface area contributed by atoms with Gasteiger partial charge in [-0.05, 0) is 58.7 Å². The molecule has 0 N–H and O–H groups in total. The molecule has 0 aromatic rings. The van der Waals surface area contributed by atoms with Gasteiger partial charge in [-0.25, -0.2) is 0 Å². The predicted octanol–water partition coefficient (Wildman–Crippen LogP) is 2.13. The lowest BCUT2D eigenvalue weighted by atomic mass is 9.99. The van der Waals surface area contributed by atoms with E-state index >= 15 is 0 Å². The van der Waals surface area contributed by atoms with Crippen molar-refractivity contribution < 1.29 is 0 Å². The van der Waals surface area contributed by atoms with Gasteiger partial charge in [0.1, 0.15) is 0 Å². The third kappa shape index (κ3) is 4.73. The van der Waals surface area contributed by atoms with Crippen molar-refractivity contribution in [3.63, 3.8) is 0 Å². The van der Waals surface area contributed by atoms with Crippen LogP contribution in [0.1, 0.15) is 40.0 Å². The Morgan fingerprint density at radius 3 is 2.26 bits per heavy atom. The molecule has 2 saturated heterocycles. The van der Waals surface area contributed by atoms with Crippen LogP contribution < -0.4 is 0 Å². The summed E-state index contributed by atoms with van der Waals surface area (Å²) in [6.45, 7) is 17.3. The third-order valence-electron chi connectivity index (χ3n) is 5.04. The van der Waals surface area contributed by atoms with Crippen LogP contribution in [0, 0.1) is 5.92 Å². The molecule has 0 aromatic carbocycles. The van der Waals surface area contributed by atoms with Crippen molar-refractivity contribution in [2.24, 2.45) is 5.92 Å². The second kappa shape index (κ2) is 7.61. The first kappa shape index (κ1) is 15.3. The number of likely N-dealkylation sites (tertiary alicyclic amines) is 1. The summed E-state index contributed by atoms with van der Waals surface area (Å²) < 4.78 is 0. The maximum Gasteiger partial charge on any atom is 0.0113 e. The van der Waals surface area contributed by atoms with E-state index in [1.807, 2.05) is 0 Å². The van der Waals surface area contributed by atoms with E-state index in [4.69, 9.17) is 0 Å². The van der Waals surface area contributed by atoms with Crippen molar-refractivity contribution in [1.29, 1.82) is 0 Å². The van der Waals surface area contributed by atoms with Crippen LogP contribution >= 0.6 is 0 Å². The summed E-state index contributed by atoms with van der Waals surface area (Å²) in [7, 11) is 0. The highest BCUT2D eigenvalue weighted by Gasteiger charge is 2.22. The average molecular weight is 267 g/mol. The van der Waals surface area contributed by atoms with Crippen molar-refractivity contribution in [1.82, 2.24) is 14.7 Å². The Morgan fingerprint density at radius 1 is 0.895 bits per heavy atom. The van der Waals surface area contributed by atoms with Crippen molar-refractivity contribution in [2.75, 3.05) is 52.4 Å². The summed E-state index contributed by atoms with van der Waals surface area (Å²) >= 11 is 0. The standard InChI is InChI=1S/C16H33N3/c1-4-17-8-5-6-16(7-9-17)14-18-10-12-19(13-11-18)15(2)3/h15-16H,4-14H2,1-3H3. The molecule has 2 aliphatic rings. The fourth-order valence-corrected chi connectivity index (χ4v) is 3.55. The Morgan fingerprint density at radius 2 is 1.63 bits per heavy atom. The highest BCUT2D eigenvalue weighted by molar-refractivity contribution is 4.78. The summed E-state index contributed by atoms with van der Waals surface area (Å²) in [4.78, 5) is 7.95. The molecule has 0 saturated carbocycles. The molecule has 0 amide bonds. The van der Waals surface area contributed by atoms with Crippen molar-refractivity contribution in [3.8, 4) is 0 Å². The van der Waals surface area contributed by atoms with E-state index in [2.05, 4.69) is 35.5 Å². The van der Waals surface area contributed by atoms with E-state index in [-0.39, 0.29) is 0 Å². The van der Waals surface area contributed by atoms with E-state index in [9.17, 15) is 0 Å². The molecule has 0 spiro atoms. The maximum atomic E-state index is 2.71. The number of nitrogens with zero attached hydrogens (tertiary/aromatic N) is 3. The Hall–Kier alpha value is -0.120. The van der Waals surface area contributed by atoms with Gasteiger partial charge in [-0.2, -0.15) is 0 Å². The maximum absolute atomic E-state index is 2.71. The zero-order chi connectivity index (χ0) is 13.7. The highest BCUT2D eigenvalue weighted by atomic mass is 15.3. The summed E-state index contributed by atoms with van der Waals surface area (Å²) in [5, 5.41) is 0. The smallest absolute Gasteiger partial charge is 0.0113 e. The Balaban J connectivity index is 1.70. The minimum Gasteiger partial charge on any atom is -0.304 e. The fourth-order valence-electron chi connectivity index (χ4n) is 3.55. The molecule has 0 aromatic heterocycles. The van der Waals surface area contributed by atoms with E-state index in [0.29, 0.717) is 0 Å². The van der Waals surface area contributed by atoms with Crippen LogP contribution in [0.25, 0.3) is 0 Å². The Labute approximate surface area is 119 Å². The molecular formula is C16H33N3. The van der Waals surface area contributed by atoms with Crippen LogP contribution in [0.5, 0.6) is 0 Å². The first-order valence-corrected chi connectivity index (χ1v) is 8.37. The van der Waals surface area contributed by atoms with Gasteiger partial charge >= 0.3 is 0 Å². The molecule has 0 radical (unpaired) electrons. The molecular weight excluding hydrogens is 234 g/mol. The van der Waals surface area contributed by atoms with E-state index in [0.717, 1.165) is 12.0 Å². The van der Waals surface area contributed by atoms with Gasteiger partial charge < -0.3 is 9.80 Å². The van der Waals surface area contributed by atoms with Gasteiger partial charge in [0.05, 0.1) is 0 Å². The van der Waals surface area contributed by atoms with Crippen LogP contribution in [0.4, 0.5) is 0 Å². The monoisotopic (exact) mass is 267 g/mol. The van der Waals surface area contributed by atoms with Crippen molar-refractivity contribution in [3.05, 3.63) is 0 Å². The van der Waals surface area contributed by atoms with Gasteiger partial charge in [-0.15, -0.1) is 0 Å². The number of piperazine rings is 1. The van der Waals surface area contributed by atoms with E-state index < -0.39 is 0 Å². The topological polar surface area (TPSA) is 9.72 Å². The predicted molar refractivity (Wildman–Crippen MR) is 82.6 cm³/mol. The van der Waals surface area contributed by atoms with E-state index in [1.54, 1.807) is 0 Å². The van der Waals surface area contributed by atoms with Crippen LogP contribution in [-0.4, -0.2) is 73.1 Å². The SMILES string of the molecule is CCN1CCCC(CN2CCN(C(C)C)CC2)CC1. The molecule has 2 fully saturated rings. The zero-order valence-corrected chi connectivity index (χ0v) is 13.3. The Bertz CT molecular complexity index is 246. The van der Waals surface area contributed by atoms with Gasteiger partial charge in [-0.1, -0.05) is 6.92 Å². The molecule has 0 aliphatic carbocycles.